The van der Waals surface area contributed by atoms with Crippen LogP contribution in [-0.2, 0) is 9.36 Å². The molecule has 2 N–H and O–H groups in total. The summed E-state index contributed by atoms with van der Waals surface area (Å²) in [5.41, 5.74) is 0.781. The van der Waals surface area contributed by atoms with Gasteiger partial charge in [-0.05, 0) is 6.42 Å². The molecule has 0 spiro atoms. The van der Waals surface area contributed by atoms with Gasteiger partial charge in [0.25, 0.3) is 0 Å². The van der Waals surface area contributed by atoms with Gasteiger partial charge >= 0.3 is 7.60 Å². The smallest absolute Gasteiger partial charge is 0.324 e. The molecule has 0 radical (unpaired) electrons. The molecule has 4 nitrogen and oxygen atoms in total. The summed E-state index contributed by atoms with van der Waals surface area (Å²) in [4.78, 5) is 27.7. The maximum atomic E-state index is 10.9. The Kier molecular flexibility index (Phi) is 2.01. The van der Waals surface area contributed by atoms with Gasteiger partial charge in [0.05, 0.1) is 0 Å². The topological polar surface area (TPSA) is 74.6 Å². The quantitative estimate of drug-likeness (QED) is 0.479. The van der Waals surface area contributed by atoms with E-state index in [1.807, 2.05) is 0 Å². The maximum absolute atomic E-state index is 10.9. The molecule has 5 heteroatoms. The van der Waals surface area contributed by atoms with Gasteiger partial charge in [-0.2, -0.15) is 0 Å². The van der Waals surface area contributed by atoms with Crippen molar-refractivity contribution in [3.63, 3.8) is 0 Å². The summed E-state index contributed by atoms with van der Waals surface area (Å²) >= 11 is 0. The Morgan fingerprint density at radius 2 is 2.18 bits per heavy atom. The minimum Gasteiger partial charge on any atom is -0.324 e. The number of carbonyl (C=O) groups excluding carboxylic acids is 1. The van der Waals surface area contributed by atoms with Crippen molar-refractivity contribution in [1.29, 1.82) is 0 Å². The van der Waals surface area contributed by atoms with Crippen LogP contribution in [0.2, 0.25) is 0 Å². The third kappa shape index (κ3) is 2.58. The van der Waals surface area contributed by atoms with Crippen LogP contribution < -0.4 is 0 Å². The van der Waals surface area contributed by atoms with Gasteiger partial charge in [0, 0.05) is 5.92 Å². The van der Waals surface area contributed by atoms with Crippen LogP contribution in [0.25, 0.3) is 0 Å². The van der Waals surface area contributed by atoms with Gasteiger partial charge < -0.3 is 9.79 Å². The lowest BCUT2D eigenvalue weighted by Crippen LogP contribution is -2.07. The van der Waals surface area contributed by atoms with Gasteiger partial charge in [0.15, 0.2) is 5.78 Å². The molecule has 0 aromatic carbocycles. The zero-order valence-corrected chi connectivity index (χ0v) is 6.75. The van der Waals surface area contributed by atoms with E-state index in [0.29, 0.717) is 6.42 Å². The van der Waals surface area contributed by atoms with Gasteiger partial charge in [-0.3, -0.25) is 9.36 Å². The third-order valence-electron chi connectivity index (χ3n) is 1.55. The molecule has 1 atom stereocenters. The number of hydrogen-bond donors (Lipinski definition) is 2. The lowest BCUT2D eigenvalue weighted by molar-refractivity contribution is -0.117. The summed E-state index contributed by atoms with van der Waals surface area (Å²) in [6.07, 6.45) is -0.0461. The van der Waals surface area contributed by atoms with Crippen molar-refractivity contribution >= 4 is 13.4 Å². The van der Waals surface area contributed by atoms with E-state index in [0.717, 1.165) is 5.57 Å². The Morgan fingerprint density at radius 1 is 1.73 bits per heavy atom. The third-order valence-corrected chi connectivity index (χ3v) is 2.27. The molecule has 62 valence electrons. The maximum Gasteiger partial charge on any atom is 0.332 e. The summed E-state index contributed by atoms with van der Waals surface area (Å²) in [5.74, 6) is -0.661. The number of carbonyl (C=O) groups is 1. The molecule has 1 aliphatic rings. The van der Waals surface area contributed by atoms with Gasteiger partial charge in [-0.25, -0.2) is 0 Å². The minimum absolute atomic E-state index is 0.275. The van der Waals surface area contributed by atoms with Gasteiger partial charge in [0.1, 0.15) is 6.16 Å². The molecule has 0 aliphatic heterocycles. The molecule has 1 rings (SSSR count). The molecule has 0 bridgehead atoms. The second-order valence-corrected chi connectivity index (χ2v) is 4.35. The summed E-state index contributed by atoms with van der Waals surface area (Å²) in [6, 6.07) is 0. The van der Waals surface area contributed by atoms with E-state index in [2.05, 4.69) is 6.58 Å². The second kappa shape index (κ2) is 2.55. The van der Waals surface area contributed by atoms with E-state index in [-0.39, 0.29) is 11.7 Å². The van der Waals surface area contributed by atoms with Crippen molar-refractivity contribution in [3.05, 3.63) is 12.2 Å². The lowest BCUT2D eigenvalue weighted by Gasteiger charge is -1.99. The van der Waals surface area contributed by atoms with E-state index in [1.165, 1.54) is 0 Å². The highest BCUT2D eigenvalue weighted by Gasteiger charge is 2.37. The highest BCUT2D eigenvalue weighted by Crippen LogP contribution is 2.42. The Bertz CT molecular complexity index is 251. The summed E-state index contributed by atoms with van der Waals surface area (Å²) < 4.78 is 10.3. The molecule has 0 saturated heterocycles. The normalized spacial score (nSPS) is 23.5. The molecule has 0 heterocycles. The second-order valence-electron chi connectivity index (χ2n) is 2.70. The molecule has 0 amide bonds. The van der Waals surface area contributed by atoms with Crippen LogP contribution in [0.5, 0.6) is 0 Å². The minimum atomic E-state index is -4.15. The number of allylic oxidation sites excluding steroid dienone is 1. The highest BCUT2D eigenvalue weighted by atomic mass is 31.2. The summed E-state index contributed by atoms with van der Waals surface area (Å²) in [5, 5.41) is 0. The first-order valence-corrected chi connectivity index (χ1v) is 4.95. The SMILES string of the molecule is C=C1CC1C(=O)CP(=O)(O)O. The molecule has 1 aliphatic carbocycles. The average molecular weight is 176 g/mol. The summed E-state index contributed by atoms with van der Waals surface area (Å²) in [7, 11) is -4.15. The predicted octanol–water partition coefficient (Wildman–Crippen LogP) is 0.309. The monoisotopic (exact) mass is 176 g/mol. The van der Waals surface area contributed by atoms with Crippen molar-refractivity contribution in [3.8, 4) is 0 Å². The number of ketones is 1. The first-order valence-electron chi connectivity index (χ1n) is 3.15. The van der Waals surface area contributed by atoms with Crippen molar-refractivity contribution in [2.75, 3.05) is 6.16 Å². The standard InChI is InChI=1S/C6H9O4P/c1-4-2-5(4)6(7)3-11(8,9)10/h5H,1-3H2,(H2,8,9,10). The molecule has 0 aromatic rings. The molecule has 1 unspecified atom stereocenters. The first kappa shape index (κ1) is 8.65. The van der Waals surface area contributed by atoms with Crippen LogP contribution in [0.1, 0.15) is 6.42 Å². The van der Waals surface area contributed by atoms with Crippen molar-refractivity contribution in [1.82, 2.24) is 0 Å². The van der Waals surface area contributed by atoms with Gasteiger partial charge in [-0.15, -0.1) is 0 Å². The Labute approximate surface area is 64.1 Å². The van der Waals surface area contributed by atoms with Crippen molar-refractivity contribution in [2.45, 2.75) is 6.42 Å². The summed E-state index contributed by atoms with van der Waals surface area (Å²) in [6.45, 7) is 3.53. The fraction of sp³-hybridized carbons (Fsp3) is 0.500. The largest absolute Gasteiger partial charge is 0.332 e. The highest BCUT2D eigenvalue weighted by molar-refractivity contribution is 7.52. The Balaban J connectivity index is 2.45. The van der Waals surface area contributed by atoms with Crippen LogP contribution in [0, 0.1) is 5.92 Å². The van der Waals surface area contributed by atoms with Gasteiger partial charge in [0.2, 0.25) is 0 Å². The van der Waals surface area contributed by atoms with E-state index < -0.39 is 13.8 Å². The molecule has 1 fully saturated rings. The predicted molar refractivity (Wildman–Crippen MR) is 39.2 cm³/mol. The van der Waals surface area contributed by atoms with Crippen molar-refractivity contribution in [2.24, 2.45) is 5.92 Å². The number of rotatable bonds is 3. The molecular formula is C6H9O4P. The molecule has 11 heavy (non-hydrogen) atoms. The average Bonchev–Trinajstić information content (AvgIpc) is 2.41. The zero-order valence-electron chi connectivity index (χ0n) is 5.86. The zero-order chi connectivity index (χ0) is 8.65. The van der Waals surface area contributed by atoms with E-state index in [9.17, 15) is 9.36 Å². The van der Waals surface area contributed by atoms with E-state index >= 15 is 0 Å². The molecule has 0 aromatic heterocycles. The van der Waals surface area contributed by atoms with Crippen LogP contribution in [0.3, 0.4) is 0 Å². The first-order chi connectivity index (χ1) is 4.90. The van der Waals surface area contributed by atoms with Crippen LogP contribution in [0.4, 0.5) is 0 Å². The van der Waals surface area contributed by atoms with Gasteiger partial charge in [-0.1, -0.05) is 12.2 Å². The van der Waals surface area contributed by atoms with Crippen molar-refractivity contribution < 1.29 is 19.1 Å². The van der Waals surface area contributed by atoms with E-state index in [1.54, 1.807) is 0 Å². The number of Topliss-reactive ketones (excluding diaryl/α,β-unsaturated/α-hetero) is 1. The van der Waals surface area contributed by atoms with E-state index in [4.69, 9.17) is 9.79 Å². The fourth-order valence-electron chi connectivity index (χ4n) is 0.858. The Morgan fingerprint density at radius 3 is 2.45 bits per heavy atom. The molecular weight excluding hydrogens is 167 g/mol. The van der Waals surface area contributed by atoms with Crippen LogP contribution in [-0.4, -0.2) is 21.7 Å². The lowest BCUT2D eigenvalue weighted by atomic mass is 10.3. The van der Waals surface area contributed by atoms with Crippen LogP contribution in [0.15, 0.2) is 12.2 Å². The Hall–Kier alpha value is -0.440. The van der Waals surface area contributed by atoms with Crippen LogP contribution >= 0.6 is 7.60 Å². The fourth-order valence-corrected chi connectivity index (χ4v) is 1.48. The molecule has 1 saturated carbocycles. The number of hydrogen-bond acceptors (Lipinski definition) is 2.